The highest BCUT2D eigenvalue weighted by Gasteiger charge is 2.22. The average Bonchev–Trinajstić information content (AvgIpc) is 3.55. The fourth-order valence-corrected chi connectivity index (χ4v) is 10.3. The molecule has 0 aliphatic carbocycles. The zero-order chi connectivity index (χ0) is 63.3. The van der Waals surface area contributed by atoms with Gasteiger partial charge in [0, 0.05) is 12.8 Å². The summed E-state index contributed by atoms with van der Waals surface area (Å²) in [6.07, 6.45) is 90.8. The van der Waals surface area contributed by atoms with Gasteiger partial charge in [-0.2, -0.15) is 0 Å². The van der Waals surface area contributed by atoms with Crippen LogP contribution in [0.1, 0.15) is 322 Å². The van der Waals surface area contributed by atoms with Crippen LogP contribution in [0, 0.1) is 0 Å². The summed E-state index contributed by atoms with van der Waals surface area (Å²) in [5, 5.41) is 11.8. The second kappa shape index (κ2) is 68.1. The third-order valence-electron chi connectivity index (χ3n) is 15.8. The van der Waals surface area contributed by atoms with Gasteiger partial charge < -0.3 is 33.3 Å². The summed E-state index contributed by atoms with van der Waals surface area (Å²) in [4.78, 5) is 37.5. The van der Waals surface area contributed by atoms with E-state index in [1.165, 1.54) is 199 Å². The monoisotopic (exact) mass is 1220 g/mol. The zero-order valence-corrected chi connectivity index (χ0v) is 57.4. The molecular formula is C78H137NO8. The third kappa shape index (κ3) is 69.5. The highest BCUT2D eigenvalue weighted by atomic mass is 16.7. The molecule has 0 fully saturated rings. The van der Waals surface area contributed by atoms with Gasteiger partial charge in [-0.05, 0) is 89.9 Å². The van der Waals surface area contributed by atoms with E-state index in [4.69, 9.17) is 18.9 Å². The standard InChI is InChI=1S/C78H137NO8/c1-6-8-10-12-14-16-18-20-22-24-26-28-30-31-32-33-34-35-36-37-38-39-40-41-42-43-44-45-47-49-51-53-55-57-59-61-63-65-67-69-76(81)87-74(73-86-78(77(82)83)84-71-70-79(3,4)5)72-85-75(80)68-66-64-62-60-58-56-54-52-50-48-46-29-27-25-23-21-19-17-15-13-11-9-7-2/h8-11,14-17,20-23,26-29,74,78H,6-7,12-13,18-19,24-25,30-73H2,1-5H3/b10-8-,11-9-,16-14-,17-15-,22-20-,23-21-,28-26-,29-27-. The number of carbonyl (C=O) groups is 3. The Labute approximate surface area is 537 Å². The maximum absolute atomic E-state index is 12.9. The summed E-state index contributed by atoms with van der Waals surface area (Å²) in [6, 6.07) is 0. The SMILES string of the molecule is CC/C=C\C/C=C\C/C=C\C/C=C\CCCCCCCCCCCCCCCCCCCCCCCCCCCCC(=O)OC(COC(=O)CCCCCCCCCCCC/C=C\C/C=C\C/C=C\C/C=C\CC)COC(OCC[N+](C)(C)C)C(=O)[O-]. The van der Waals surface area contributed by atoms with Gasteiger partial charge in [-0.25, -0.2) is 0 Å². The molecule has 0 aliphatic rings. The first-order chi connectivity index (χ1) is 42.6. The molecule has 87 heavy (non-hydrogen) atoms. The van der Waals surface area contributed by atoms with Gasteiger partial charge in [-0.15, -0.1) is 0 Å². The Morgan fingerprint density at radius 1 is 0.345 bits per heavy atom. The van der Waals surface area contributed by atoms with E-state index in [1.54, 1.807) is 0 Å². The second-order valence-corrected chi connectivity index (χ2v) is 25.5. The van der Waals surface area contributed by atoms with Crippen LogP contribution in [-0.4, -0.2) is 82.3 Å². The van der Waals surface area contributed by atoms with Crippen molar-refractivity contribution in [2.75, 3.05) is 47.5 Å². The second-order valence-electron chi connectivity index (χ2n) is 25.5. The van der Waals surface area contributed by atoms with Gasteiger partial charge in [-0.1, -0.05) is 317 Å². The number of esters is 2. The number of allylic oxidation sites excluding steroid dienone is 16. The van der Waals surface area contributed by atoms with E-state index < -0.39 is 24.3 Å². The average molecular weight is 1220 g/mol. The predicted molar refractivity (Wildman–Crippen MR) is 371 cm³/mol. The molecule has 0 bridgehead atoms. The Bertz CT molecular complexity index is 1750. The van der Waals surface area contributed by atoms with E-state index in [9.17, 15) is 19.5 Å². The molecule has 0 radical (unpaired) electrons. The largest absolute Gasteiger partial charge is 0.545 e. The van der Waals surface area contributed by atoms with Gasteiger partial charge in [0.15, 0.2) is 12.4 Å². The molecule has 2 unspecified atom stereocenters. The first-order valence-corrected chi connectivity index (χ1v) is 36.4. The van der Waals surface area contributed by atoms with Crippen molar-refractivity contribution in [2.45, 2.75) is 334 Å². The molecule has 9 heteroatoms. The fourth-order valence-electron chi connectivity index (χ4n) is 10.3. The van der Waals surface area contributed by atoms with Crippen molar-refractivity contribution >= 4 is 17.9 Å². The van der Waals surface area contributed by atoms with Gasteiger partial charge in [0.2, 0.25) is 0 Å². The van der Waals surface area contributed by atoms with E-state index >= 15 is 0 Å². The van der Waals surface area contributed by atoms with Crippen molar-refractivity contribution in [1.29, 1.82) is 0 Å². The minimum Gasteiger partial charge on any atom is -0.545 e. The summed E-state index contributed by atoms with van der Waals surface area (Å²) in [5.41, 5.74) is 0. The molecule has 502 valence electrons. The maximum atomic E-state index is 12.9. The van der Waals surface area contributed by atoms with E-state index in [0.29, 0.717) is 17.4 Å². The normalized spacial score (nSPS) is 13.3. The maximum Gasteiger partial charge on any atom is 0.306 e. The minimum absolute atomic E-state index is 0.146. The van der Waals surface area contributed by atoms with Gasteiger partial charge >= 0.3 is 11.9 Å². The van der Waals surface area contributed by atoms with Crippen LogP contribution < -0.4 is 5.11 Å². The van der Waals surface area contributed by atoms with Crippen molar-refractivity contribution in [2.24, 2.45) is 0 Å². The number of carboxylic acid groups (broad SMARTS) is 1. The summed E-state index contributed by atoms with van der Waals surface area (Å²) >= 11 is 0. The fraction of sp³-hybridized carbons (Fsp3) is 0.756. The lowest BCUT2D eigenvalue weighted by Crippen LogP contribution is -2.44. The van der Waals surface area contributed by atoms with Crippen LogP contribution in [0.5, 0.6) is 0 Å². The number of hydrogen-bond acceptors (Lipinski definition) is 8. The first-order valence-electron chi connectivity index (χ1n) is 36.4. The molecule has 0 amide bonds. The van der Waals surface area contributed by atoms with Gasteiger partial charge in [0.1, 0.15) is 13.2 Å². The zero-order valence-electron chi connectivity index (χ0n) is 57.4. The first kappa shape index (κ1) is 83.2. The van der Waals surface area contributed by atoms with Gasteiger partial charge in [0.25, 0.3) is 0 Å². The molecule has 0 aromatic carbocycles. The molecule has 0 aromatic rings. The quantitative estimate of drug-likeness (QED) is 0.0195. The van der Waals surface area contributed by atoms with Gasteiger partial charge in [-0.3, -0.25) is 9.59 Å². The summed E-state index contributed by atoms with van der Waals surface area (Å²) in [5.74, 6) is -2.27. The third-order valence-corrected chi connectivity index (χ3v) is 15.8. The van der Waals surface area contributed by atoms with Crippen LogP contribution in [0.25, 0.3) is 0 Å². The molecule has 0 N–H and O–H groups in total. The lowest BCUT2D eigenvalue weighted by Gasteiger charge is -2.26. The molecular weight excluding hydrogens is 1080 g/mol. The summed E-state index contributed by atoms with van der Waals surface area (Å²) < 4.78 is 22.8. The number of nitrogens with zero attached hydrogens (tertiary/aromatic N) is 1. The van der Waals surface area contributed by atoms with E-state index in [1.807, 2.05) is 21.1 Å². The molecule has 9 nitrogen and oxygen atoms in total. The van der Waals surface area contributed by atoms with Crippen molar-refractivity contribution in [3.63, 3.8) is 0 Å². The highest BCUT2D eigenvalue weighted by Crippen LogP contribution is 2.18. The predicted octanol–water partition coefficient (Wildman–Crippen LogP) is 21.5. The Kier molecular flexibility index (Phi) is 65.2. The van der Waals surface area contributed by atoms with Crippen LogP contribution in [-0.2, 0) is 33.3 Å². The Morgan fingerprint density at radius 2 is 0.621 bits per heavy atom. The number of rotatable bonds is 67. The minimum atomic E-state index is -1.63. The lowest BCUT2D eigenvalue weighted by atomic mass is 10.0. The van der Waals surface area contributed by atoms with Crippen molar-refractivity contribution in [1.82, 2.24) is 0 Å². The molecule has 0 aromatic heterocycles. The van der Waals surface area contributed by atoms with Crippen molar-refractivity contribution < 1.29 is 42.9 Å². The smallest absolute Gasteiger partial charge is 0.306 e. The number of unbranched alkanes of at least 4 members (excludes halogenated alkanes) is 36. The van der Waals surface area contributed by atoms with Crippen LogP contribution in [0.4, 0.5) is 0 Å². The molecule has 0 heterocycles. The molecule has 0 saturated heterocycles. The number of quaternary nitrogens is 1. The number of carboxylic acids is 1. The summed E-state index contributed by atoms with van der Waals surface area (Å²) in [6.45, 7) is 4.55. The molecule has 2 atom stereocenters. The highest BCUT2D eigenvalue weighted by molar-refractivity contribution is 5.70. The Balaban J connectivity index is 4.00. The van der Waals surface area contributed by atoms with Gasteiger partial charge in [0.05, 0.1) is 40.3 Å². The Morgan fingerprint density at radius 3 is 0.920 bits per heavy atom. The number of carbonyl (C=O) groups excluding carboxylic acids is 3. The number of likely N-dealkylation sites (N-methyl/N-ethyl adjacent to an activating group) is 1. The van der Waals surface area contributed by atoms with E-state index in [-0.39, 0.29) is 38.6 Å². The number of hydrogen-bond donors (Lipinski definition) is 0. The molecule has 0 rings (SSSR count). The molecule has 0 saturated carbocycles. The van der Waals surface area contributed by atoms with Crippen LogP contribution in [0.3, 0.4) is 0 Å². The van der Waals surface area contributed by atoms with E-state index in [0.717, 1.165) is 89.9 Å². The molecule has 0 aliphatic heterocycles. The van der Waals surface area contributed by atoms with Crippen molar-refractivity contribution in [3.8, 4) is 0 Å². The molecule has 0 spiro atoms. The van der Waals surface area contributed by atoms with Crippen LogP contribution in [0.2, 0.25) is 0 Å². The number of aliphatic carboxylic acids is 1. The lowest BCUT2D eigenvalue weighted by molar-refractivity contribution is -0.870. The van der Waals surface area contributed by atoms with E-state index in [2.05, 4.69) is 111 Å². The van der Waals surface area contributed by atoms with Crippen LogP contribution >= 0.6 is 0 Å². The summed E-state index contributed by atoms with van der Waals surface area (Å²) in [7, 11) is 5.93. The Hall–Kier alpha value is -3.79. The van der Waals surface area contributed by atoms with Crippen LogP contribution in [0.15, 0.2) is 97.2 Å². The van der Waals surface area contributed by atoms with Crippen molar-refractivity contribution in [3.05, 3.63) is 97.2 Å². The topological polar surface area (TPSA) is 111 Å². The number of ether oxygens (including phenoxy) is 4.